The highest BCUT2D eigenvalue weighted by molar-refractivity contribution is 5.53. The number of allylic oxidation sites excluding steroid dienone is 1. The van der Waals surface area contributed by atoms with Gasteiger partial charge in [0.2, 0.25) is 0 Å². The fourth-order valence-electron chi connectivity index (χ4n) is 0.952. The van der Waals surface area contributed by atoms with E-state index in [1.807, 2.05) is 6.92 Å². The standard InChI is InChI=1S/C12H24N2O/c1-5-9-15-12(8-7-11(3)4)14-10-13-6-2/h6,8,11,14H,5,7,9-10H2,1-4H3/b12-8-,13-6?. The Labute approximate surface area is 93.6 Å². The van der Waals surface area contributed by atoms with Crippen molar-refractivity contribution in [2.24, 2.45) is 10.9 Å². The van der Waals surface area contributed by atoms with E-state index in [1.54, 1.807) is 6.21 Å². The van der Waals surface area contributed by atoms with Gasteiger partial charge in [-0.2, -0.15) is 0 Å². The zero-order valence-electron chi connectivity index (χ0n) is 10.4. The zero-order chi connectivity index (χ0) is 11.5. The second-order valence-electron chi connectivity index (χ2n) is 3.82. The molecule has 0 fully saturated rings. The van der Waals surface area contributed by atoms with E-state index >= 15 is 0 Å². The van der Waals surface area contributed by atoms with Crippen LogP contribution in [0.5, 0.6) is 0 Å². The van der Waals surface area contributed by atoms with Crippen molar-refractivity contribution in [2.75, 3.05) is 13.3 Å². The Bertz CT molecular complexity index is 198. The lowest BCUT2D eigenvalue weighted by Crippen LogP contribution is -2.16. The second kappa shape index (κ2) is 9.56. The van der Waals surface area contributed by atoms with Crippen molar-refractivity contribution in [3.8, 4) is 0 Å². The van der Waals surface area contributed by atoms with E-state index in [0.717, 1.165) is 25.3 Å². The third-order valence-electron chi connectivity index (χ3n) is 1.76. The van der Waals surface area contributed by atoms with Gasteiger partial charge in [0.25, 0.3) is 0 Å². The maximum absolute atomic E-state index is 5.56. The largest absolute Gasteiger partial charge is 0.479 e. The Morgan fingerprint density at radius 3 is 2.73 bits per heavy atom. The molecule has 0 rings (SSSR count). The molecule has 0 amide bonds. The third kappa shape index (κ3) is 9.32. The molecule has 0 heterocycles. The van der Waals surface area contributed by atoms with Crippen molar-refractivity contribution >= 4 is 6.21 Å². The molecule has 0 atom stereocenters. The van der Waals surface area contributed by atoms with Crippen molar-refractivity contribution in [1.29, 1.82) is 0 Å². The highest BCUT2D eigenvalue weighted by Gasteiger charge is 1.97. The highest BCUT2D eigenvalue weighted by Crippen LogP contribution is 2.04. The molecule has 0 saturated heterocycles. The summed E-state index contributed by atoms with van der Waals surface area (Å²) in [6.07, 6.45) is 5.94. The lowest BCUT2D eigenvalue weighted by atomic mass is 10.1. The minimum absolute atomic E-state index is 0.587. The molecule has 0 saturated carbocycles. The fraction of sp³-hybridized carbons (Fsp3) is 0.750. The molecule has 0 aromatic carbocycles. The van der Waals surface area contributed by atoms with Gasteiger partial charge in [-0.05, 0) is 38.0 Å². The molecule has 1 N–H and O–H groups in total. The number of rotatable bonds is 8. The summed E-state index contributed by atoms with van der Waals surface area (Å²) < 4.78 is 5.56. The van der Waals surface area contributed by atoms with Crippen LogP contribution in [0.2, 0.25) is 0 Å². The van der Waals surface area contributed by atoms with Crippen molar-refractivity contribution in [2.45, 2.75) is 40.5 Å². The summed E-state index contributed by atoms with van der Waals surface area (Å²) >= 11 is 0. The lowest BCUT2D eigenvalue weighted by Gasteiger charge is -2.11. The van der Waals surface area contributed by atoms with Crippen molar-refractivity contribution in [3.05, 3.63) is 12.0 Å². The quantitative estimate of drug-likeness (QED) is 0.496. The fourth-order valence-corrected chi connectivity index (χ4v) is 0.952. The van der Waals surface area contributed by atoms with Gasteiger partial charge in [-0.25, -0.2) is 0 Å². The highest BCUT2D eigenvalue weighted by atomic mass is 16.5. The molecule has 0 aromatic heterocycles. The van der Waals surface area contributed by atoms with E-state index in [1.165, 1.54) is 0 Å². The molecule has 15 heavy (non-hydrogen) atoms. The van der Waals surface area contributed by atoms with Gasteiger partial charge in [0, 0.05) is 0 Å². The maximum Gasteiger partial charge on any atom is 0.183 e. The van der Waals surface area contributed by atoms with Crippen molar-refractivity contribution in [3.63, 3.8) is 0 Å². The van der Waals surface area contributed by atoms with E-state index in [9.17, 15) is 0 Å². The Kier molecular flexibility index (Phi) is 8.93. The Balaban J connectivity index is 3.98. The summed E-state index contributed by atoms with van der Waals surface area (Å²) in [5, 5.41) is 3.15. The third-order valence-corrected chi connectivity index (χ3v) is 1.76. The molecule has 0 spiro atoms. The number of hydrogen-bond acceptors (Lipinski definition) is 3. The summed E-state index contributed by atoms with van der Waals surface area (Å²) in [5.41, 5.74) is 0. The number of nitrogens with one attached hydrogen (secondary N) is 1. The summed E-state index contributed by atoms with van der Waals surface area (Å²) in [5.74, 6) is 1.51. The molecule has 0 bridgehead atoms. The van der Waals surface area contributed by atoms with Crippen LogP contribution in [0.25, 0.3) is 0 Å². The van der Waals surface area contributed by atoms with Crippen LogP contribution >= 0.6 is 0 Å². The minimum Gasteiger partial charge on any atom is -0.479 e. The summed E-state index contributed by atoms with van der Waals surface area (Å²) in [6, 6.07) is 0. The van der Waals surface area contributed by atoms with Crippen LogP contribution in [-0.2, 0) is 4.74 Å². The van der Waals surface area contributed by atoms with Crippen LogP contribution < -0.4 is 5.32 Å². The summed E-state index contributed by atoms with van der Waals surface area (Å²) in [6.45, 7) is 9.74. The van der Waals surface area contributed by atoms with Gasteiger partial charge in [0.05, 0.1) is 6.61 Å². The SMILES string of the molecule is CC=NCN/C(=C/CC(C)C)OCCC. The van der Waals surface area contributed by atoms with Gasteiger partial charge in [-0.3, -0.25) is 4.99 Å². The van der Waals surface area contributed by atoms with Gasteiger partial charge >= 0.3 is 0 Å². The molecular weight excluding hydrogens is 188 g/mol. The molecule has 3 nitrogen and oxygen atoms in total. The summed E-state index contributed by atoms with van der Waals surface area (Å²) in [4.78, 5) is 4.09. The van der Waals surface area contributed by atoms with Crippen LogP contribution in [0.3, 0.4) is 0 Å². The number of ether oxygens (including phenoxy) is 1. The van der Waals surface area contributed by atoms with Crippen molar-refractivity contribution < 1.29 is 4.74 Å². The molecule has 0 unspecified atom stereocenters. The average Bonchev–Trinajstić information content (AvgIpc) is 2.21. The minimum atomic E-state index is 0.587. The van der Waals surface area contributed by atoms with Gasteiger partial charge in [-0.1, -0.05) is 20.8 Å². The molecule has 3 heteroatoms. The number of hydrogen-bond donors (Lipinski definition) is 1. The molecule has 0 aliphatic rings. The van der Waals surface area contributed by atoms with E-state index < -0.39 is 0 Å². The first-order valence-electron chi connectivity index (χ1n) is 5.72. The zero-order valence-corrected chi connectivity index (χ0v) is 10.4. The molecule has 0 aliphatic heterocycles. The topological polar surface area (TPSA) is 33.6 Å². The molecule has 0 radical (unpaired) electrons. The molecule has 0 aliphatic carbocycles. The van der Waals surface area contributed by atoms with Crippen LogP contribution in [-0.4, -0.2) is 19.5 Å². The maximum atomic E-state index is 5.56. The van der Waals surface area contributed by atoms with Crippen LogP contribution in [0, 0.1) is 5.92 Å². The first-order valence-corrected chi connectivity index (χ1v) is 5.72. The Morgan fingerprint density at radius 2 is 2.20 bits per heavy atom. The van der Waals surface area contributed by atoms with Gasteiger partial charge < -0.3 is 10.1 Å². The lowest BCUT2D eigenvalue weighted by molar-refractivity contribution is 0.190. The van der Waals surface area contributed by atoms with Gasteiger partial charge in [-0.15, -0.1) is 0 Å². The Hall–Kier alpha value is -0.990. The normalized spacial score (nSPS) is 12.5. The van der Waals surface area contributed by atoms with E-state index in [-0.39, 0.29) is 0 Å². The summed E-state index contributed by atoms with van der Waals surface area (Å²) in [7, 11) is 0. The number of nitrogens with zero attached hydrogens (tertiary/aromatic N) is 1. The van der Waals surface area contributed by atoms with Crippen LogP contribution in [0.4, 0.5) is 0 Å². The van der Waals surface area contributed by atoms with Gasteiger partial charge in [0.1, 0.15) is 6.67 Å². The van der Waals surface area contributed by atoms with Crippen molar-refractivity contribution in [1.82, 2.24) is 5.32 Å². The molecule has 88 valence electrons. The second-order valence-corrected chi connectivity index (χ2v) is 3.82. The van der Waals surface area contributed by atoms with E-state index in [4.69, 9.17) is 4.74 Å². The molecular formula is C12H24N2O. The Morgan fingerprint density at radius 1 is 1.47 bits per heavy atom. The first-order chi connectivity index (χ1) is 7.20. The van der Waals surface area contributed by atoms with E-state index in [0.29, 0.717) is 12.6 Å². The average molecular weight is 212 g/mol. The smallest absolute Gasteiger partial charge is 0.183 e. The van der Waals surface area contributed by atoms with Crippen LogP contribution in [0.1, 0.15) is 40.5 Å². The predicted molar refractivity (Wildman–Crippen MR) is 65.9 cm³/mol. The predicted octanol–water partition coefficient (Wildman–Crippen LogP) is 2.94. The van der Waals surface area contributed by atoms with Gasteiger partial charge in [0.15, 0.2) is 5.88 Å². The molecule has 0 aromatic rings. The van der Waals surface area contributed by atoms with E-state index in [2.05, 4.69) is 37.2 Å². The first kappa shape index (κ1) is 14.0. The monoisotopic (exact) mass is 212 g/mol. The number of aliphatic imine (C=N–C) groups is 1. The van der Waals surface area contributed by atoms with Crippen LogP contribution in [0.15, 0.2) is 17.0 Å².